The number of thiazole rings is 1. The first-order valence-corrected chi connectivity index (χ1v) is 5.62. The lowest BCUT2D eigenvalue weighted by atomic mass is 10.1. The highest BCUT2D eigenvalue weighted by Gasteiger charge is 2.20. The van der Waals surface area contributed by atoms with Gasteiger partial charge in [0, 0.05) is 18.5 Å². The third-order valence-electron chi connectivity index (χ3n) is 1.93. The molecular formula is C9H15N3O3S. The molecule has 1 aromatic heterocycles. The number of amides is 1. The Balaban J connectivity index is 2.53. The number of nitrogens with one attached hydrogen (secondary N) is 1. The van der Waals surface area contributed by atoms with E-state index in [1.165, 1.54) is 18.3 Å². The molecule has 1 heterocycles. The molecular weight excluding hydrogens is 230 g/mol. The number of aliphatic hydroxyl groups is 2. The fraction of sp³-hybridized carbons (Fsp3) is 0.556. The van der Waals surface area contributed by atoms with Gasteiger partial charge < -0.3 is 21.3 Å². The number of carbonyl (C=O) groups excluding carboxylic acids is 1. The molecule has 0 aromatic carbocycles. The van der Waals surface area contributed by atoms with Crippen molar-refractivity contribution in [2.75, 3.05) is 13.2 Å². The van der Waals surface area contributed by atoms with Gasteiger partial charge in [-0.05, 0) is 6.92 Å². The topological polar surface area (TPSA) is 108 Å². The number of hydrogen-bond acceptors (Lipinski definition) is 6. The quantitative estimate of drug-likeness (QED) is 0.536. The fourth-order valence-electron chi connectivity index (χ4n) is 0.926. The second kappa shape index (κ2) is 5.35. The molecule has 1 unspecified atom stereocenters. The van der Waals surface area contributed by atoms with E-state index in [9.17, 15) is 9.90 Å². The normalized spacial score (nSPS) is 14.5. The molecule has 5 N–H and O–H groups in total. The summed E-state index contributed by atoms with van der Waals surface area (Å²) in [5, 5.41) is 23.0. The second-order valence-electron chi connectivity index (χ2n) is 3.67. The van der Waals surface area contributed by atoms with Crippen molar-refractivity contribution in [3.8, 4) is 0 Å². The van der Waals surface area contributed by atoms with Crippen LogP contribution in [0.4, 0.5) is 0 Å². The van der Waals surface area contributed by atoms with Crippen LogP contribution in [-0.4, -0.2) is 39.9 Å². The molecule has 0 spiro atoms. The Morgan fingerprint density at radius 2 is 2.44 bits per heavy atom. The SMILES string of the molecule is CC(O)(CO)CNC(=O)c1csc(CN)n1. The predicted molar refractivity (Wildman–Crippen MR) is 60.0 cm³/mol. The molecule has 7 heteroatoms. The molecule has 1 amide bonds. The Labute approximate surface area is 97.1 Å². The molecule has 0 fully saturated rings. The molecule has 0 saturated carbocycles. The van der Waals surface area contributed by atoms with E-state index in [2.05, 4.69) is 10.3 Å². The van der Waals surface area contributed by atoms with E-state index in [1.54, 1.807) is 5.38 Å². The first-order chi connectivity index (χ1) is 7.48. The summed E-state index contributed by atoms with van der Waals surface area (Å²) < 4.78 is 0. The van der Waals surface area contributed by atoms with Crippen molar-refractivity contribution in [3.63, 3.8) is 0 Å². The lowest BCUT2D eigenvalue weighted by Gasteiger charge is -2.20. The van der Waals surface area contributed by atoms with E-state index in [1.807, 2.05) is 0 Å². The van der Waals surface area contributed by atoms with Gasteiger partial charge in [-0.1, -0.05) is 0 Å². The van der Waals surface area contributed by atoms with Gasteiger partial charge in [0.2, 0.25) is 0 Å². The average molecular weight is 245 g/mol. The van der Waals surface area contributed by atoms with Crippen molar-refractivity contribution in [2.24, 2.45) is 5.73 Å². The van der Waals surface area contributed by atoms with E-state index < -0.39 is 12.2 Å². The number of aliphatic hydroxyl groups excluding tert-OH is 1. The van der Waals surface area contributed by atoms with Crippen molar-refractivity contribution in [2.45, 2.75) is 19.1 Å². The lowest BCUT2D eigenvalue weighted by molar-refractivity contribution is 0.00316. The third kappa shape index (κ3) is 3.53. The van der Waals surface area contributed by atoms with Crippen molar-refractivity contribution in [1.82, 2.24) is 10.3 Å². The Kier molecular flexibility index (Phi) is 4.36. The molecule has 0 bridgehead atoms. The standard InChI is InChI=1S/C9H15N3O3S/c1-9(15,5-13)4-11-8(14)6-3-16-7(2-10)12-6/h3,13,15H,2,4-5,10H2,1H3,(H,11,14). The van der Waals surface area contributed by atoms with Gasteiger partial charge in [0.15, 0.2) is 0 Å². The van der Waals surface area contributed by atoms with Crippen LogP contribution in [-0.2, 0) is 6.54 Å². The minimum Gasteiger partial charge on any atom is -0.393 e. The van der Waals surface area contributed by atoms with Crippen LogP contribution < -0.4 is 11.1 Å². The van der Waals surface area contributed by atoms with Gasteiger partial charge in [0.25, 0.3) is 5.91 Å². The summed E-state index contributed by atoms with van der Waals surface area (Å²) in [7, 11) is 0. The van der Waals surface area contributed by atoms with Gasteiger partial charge >= 0.3 is 0 Å². The summed E-state index contributed by atoms with van der Waals surface area (Å²) in [5.74, 6) is -0.385. The third-order valence-corrected chi connectivity index (χ3v) is 2.80. The van der Waals surface area contributed by atoms with Crippen molar-refractivity contribution in [3.05, 3.63) is 16.1 Å². The van der Waals surface area contributed by atoms with E-state index in [0.29, 0.717) is 11.6 Å². The minimum atomic E-state index is -1.32. The summed E-state index contributed by atoms with van der Waals surface area (Å²) in [6, 6.07) is 0. The molecule has 1 aromatic rings. The van der Waals surface area contributed by atoms with Crippen molar-refractivity contribution >= 4 is 17.2 Å². The van der Waals surface area contributed by atoms with E-state index in [4.69, 9.17) is 10.8 Å². The smallest absolute Gasteiger partial charge is 0.270 e. The van der Waals surface area contributed by atoms with Gasteiger partial charge in [-0.2, -0.15) is 0 Å². The van der Waals surface area contributed by atoms with Gasteiger partial charge in [0.1, 0.15) is 16.3 Å². The summed E-state index contributed by atoms with van der Waals surface area (Å²) in [4.78, 5) is 15.5. The highest BCUT2D eigenvalue weighted by molar-refractivity contribution is 7.09. The van der Waals surface area contributed by atoms with Crippen LogP contribution in [0.1, 0.15) is 22.4 Å². The van der Waals surface area contributed by atoms with Crippen LogP contribution >= 0.6 is 11.3 Å². The molecule has 0 saturated heterocycles. The lowest BCUT2D eigenvalue weighted by Crippen LogP contribution is -2.43. The maximum Gasteiger partial charge on any atom is 0.270 e. The first-order valence-electron chi connectivity index (χ1n) is 4.74. The molecule has 1 atom stereocenters. The first kappa shape index (κ1) is 13.0. The molecule has 6 nitrogen and oxygen atoms in total. The Hall–Kier alpha value is -1.02. The van der Waals surface area contributed by atoms with Crippen LogP contribution in [0.2, 0.25) is 0 Å². The number of nitrogens with zero attached hydrogens (tertiary/aromatic N) is 1. The molecule has 16 heavy (non-hydrogen) atoms. The van der Waals surface area contributed by atoms with Crippen molar-refractivity contribution in [1.29, 1.82) is 0 Å². The molecule has 0 radical (unpaired) electrons. The molecule has 0 aliphatic rings. The number of aromatic nitrogens is 1. The molecule has 1 rings (SSSR count). The minimum absolute atomic E-state index is 0.0299. The summed E-state index contributed by atoms with van der Waals surface area (Å²) in [5.41, 5.74) is 4.33. The number of hydrogen-bond donors (Lipinski definition) is 4. The van der Waals surface area contributed by atoms with Crippen LogP contribution in [0.5, 0.6) is 0 Å². The van der Waals surface area contributed by atoms with E-state index in [-0.39, 0.29) is 18.1 Å². The van der Waals surface area contributed by atoms with Crippen LogP contribution in [0.3, 0.4) is 0 Å². The second-order valence-corrected chi connectivity index (χ2v) is 4.61. The number of carbonyl (C=O) groups is 1. The van der Waals surface area contributed by atoms with Gasteiger partial charge in [-0.25, -0.2) is 4.98 Å². The maximum absolute atomic E-state index is 11.5. The largest absolute Gasteiger partial charge is 0.393 e. The number of rotatable bonds is 5. The Bertz CT molecular complexity index is 365. The van der Waals surface area contributed by atoms with Gasteiger partial charge in [-0.15, -0.1) is 11.3 Å². The fourth-order valence-corrected chi connectivity index (χ4v) is 1.58. The number of nitrogens with two attached hydrogens (primary N) is 1. The highest BCUT2D eigenvalue weighted by Crippen LogP contribution is 2.09. The van der Waals surface area contributed by atoms with Crippen LogP contribution in [0, 0.1) is 0 Å². The van der Waals surface area contributed by atoms with Crippen LogP contribution in [0.15, 0.2) is 5.38 Å². The van der Waals surface area contributed by atoms with E-state index in [0.717, 1.165) is 0 Å². The zero-order chi connectivity index (χ0) is 12.2. The zero-order valence-corrected chi connectivity index (χ0v) is 9.75. The monoisotopic (exact) mass is 245 g/mol. The highest BCUT2D eigenvalue weighted by atomic mass is 32.1. The molecule has 0 aliphatic heterocycles. The Morgan fingerprint density at radius 3 is 2.94 bits per heavy atom. The van der Waals surface area contributed by atoms with E-state index >= 15 is 0 Å². The molecule has 90 valence electrons. The van der Waals surface area contributed by atoms with Gasteiger partial charge in [-0.3, -0.25) is 4.79 Å². The zero-order valence-electron chi connectivity index (χ0n) is 8.93. The maximum atomic E-state index is 11.5. The van der Waals surface area contributed by atoms with Gasteiger partial charge in [0.05, 0.1) is 6.61 Å². The summed E-state index contributed by atoms with van der Waals surface area (Å²) in [6.45, 7) is 1.28. The van der Waals surface area contributed by atoms with Crippen molar-refractivity contribution < 1.29 is 15.0 Å². The predicted octanol–water partition coefficient (Wildman–Crippen LogP) is -0.925. The van der Waals surface area contributed by atoms with Crippen LogP contribution in [0.25, 0.3) is 0 Å². The Morgan fingerprint density at radius 1 is 1.75 bits per heavy atom. The summed E-state index contributed by atoms with van der Waals surface area (Å²) >= 11 is 1.31. The summed E-state index contributed by atoms with van der Waals surface area (Å²) in [6.07, 6.45) is 0. The average Bonchev–Trinajstić information content (AvgIpc) is 2.74. The molecule has 0 aliphatic carbocycles.